The van der Waals surface area contributed by atoms with E-state index in [1.54, 1.807) is 0 Å². The molecular formula is C20H23Cl2N3O5S. The van der Waals surface area contributed by atoms with E-state index in [-0.39, 0.29) is 57.2 Å². The highest BCUT2D eigenvalue weighted by molar-refractivity contribution is 7.92. The minimum Gasteiger partial charge on any atom is -0.474 e. The molecule has 0 atom stereocenters. The molecule has 0 saturated heterocycles. The molecule has 2 heterocycles. The van der Waals surface area contributed by atoms with Crippen LogP contribution in [0.25, 0.3) is 0 Å². The molecule has 0 spiro atoms. The summed E-state index contributed by atoms with van der Waals surface area (Å²) in [4.78, 5) is 16.7. The van der Waals surface area contributed by atoms with Gasteiger partial charge in [0.2, 0.25) is 5.88 Å². The molecule has 2 aromatic rings. The molecule has 3 rings (SSSR count). The number of ether oxygens (including phenoxy) is 2. The summed E-state index contributed by atoms with van der Waals surface area (Å²) in [5.74, 6) is -0.487. The number of anilines is 1. The number of carbonyl (C=O) groups excluding carboxylic acids is 1. The molecule has 1 aromatic carbocycles. The number of hydrogen-bond donors (Lipinski definition) is 1. The van der Waals surface area contributed by atoms with Crippen molar-refractivity contribution in [3.63, 3.8) is 0 Å². The van der Waals surface area contributed by atoms with E-state index in [1.807, 2.05) is 20.9 Å². The van der Waals surface area contributed by atoms with Crippen molar-refractivity contribution >= 4 is 44.9 Å². The van der Waals surface area contributed by atoms with Gasteiger partial charge >= 0.3 is 5.97 Å². The molecular weight excluding hydrogens is 465 g/mol. The first kappa shape index (κ1) is 23.6. The number of carbonyl (C=O) groups is 1. The van der Waals surface area contributed by atoms with E-state index in [0.29, 0.717) is 6.54 Å². The van der Waals surface area contributed by atoms with Gasteiger partial charge in [0.1, 0.15) is 12.3 Å². The average Bonchev–Trinajstić information content (AvgIpc) is 2.73. The van der Waals surface area contributed by atoms with Gasteiger partial charge in [-0.25, -0.2) is 18.2 Å². The Balaban J connectivity index is 1.90. The molecule has 8 nitrogen and oxygen atoms in total. The molecule has 1 aromatic heterocycles. The topological polar surface area (TPSA) is 97.8 Å². The Morgan fingerprint density at radius 3 is 2.71 bits per heavy atom. The SMILES string of the molecule is CNCC(C)(C)COC(=O)c1cnc2c(c1)N(S(=O)(=O)c1ccc(Cl)c(Cl)c1)CCO2. The second kappa shape index (κ2) is 9.20. The van der Waals surface area contributed by atoms with Gasteiger partial charge in [0.05, 0.1) is 33.7 Å². The molecule has 1 aliphatic heterocycles. The predicted molar refractivity (Wildman–Crippen MR) is 119 cm³/mol. The number of sulfonamides is 1. The number of halogens is 2. The first-order chi connectivity index (χ1) is 14.5. The third-order valence-corrected chi connectivity index (χ3v) is 7.15. The summed E-state index contributed by atoms with van der Waals surface area (Å²) in [5, 5.41) is 3.41. The molecule has 1 N–H and O–H groups in total. The standard InChI is InChI=1S/C20H23Cl2N3O5S/c1-20(2,11-23-3)12-30-19(26)13-8-17-18(24-10-13)29-7-6-25(17)31(27,28)14-4-5-15(21)16(22)9-14/h4-5,8-10,23H,6-7,11-12H2,1-3H3. The lowest BCUT2D eigenvalue weighted by Gasteiger charge is -2.30. The summed E-state index contributed by atoms with van der Waals surface area (Å²) >= 11 is 11.9. The van der Waals surface area contributed by atoms with Crippen LogP contribution in [0.5, 0.6) is 5.88 Å². The lowest BCUT2D eigenvalue weighted by atomic mass is 9.95. The first-order valence-electron chi connectivity index (χ1n) is 9.47. The molecule has 11 heteroatoms. The number of esters is 1. The third-order valence-electron chi connectivity index (χ3n) is 4.60. The van der Waals surface area contributed by atoms with Gasteiger partial charge < -0.3 is 14.8 Å². The number of aromatic nitrogens is 1. The molecule has 168 valence electrons. The second-order valence-electron chi connectivity index (χ2n) is 7.82. The van der Waals surface area contributed by atoms with Gasteiger partial charge in [-0.2, -0.15) is 0 Å². The van der Waals surface area contributed by atoms with Gasteiger partial charge in [-0.1, -0.05) is 37.0 Å². The number of hydrogen-bond acceptors (Lipinski definition) is 7. The number of nitrogens with zero attached hydrogens (tertiary/aromatic N) is 2. The van der Waals surface area contributed by atoms with Crippen LogP contribution in [0.1, 0.15) is 24.2 Å². The Hall–Kier alpha value is -2.07. The maximum Gasteiger partial charge on any atom is 0.339 e. The maximum absolute atomic E-state index is 13.2. The molecule has 0 radical (unpaired) electrons. The van der Waals surface area contributed by atoms with Crippen LogP contribution in [0.15, 0.2) is 35.4 Å². The fourth-order valence-corrected chi connectivity index (χ4v) is 4.90. The minimum absolute atomic E-state index is 0.0310. The van der Waals surface area contributed by atoms with Gasteiger partial charge in [-0.3, -0.25) is 4.31 Å². The Kier molecular flexibility index (Phi) is 7.00. The lowest BCUT2D eigenvalue weighted by Crippen LogP contribution is -2.38. The fourth-order valence-electron chi connectivity index (χ4n) is 3.08. The normalized spacial score (nSPS) is 14.0. The molecule has 1 aliphatic rings. The van der Waals surface area contributed by atoms with E-state index >= 15 is 0 Å². The molecule has 31 heavy (non-hydrogen) atoms. The van der Waals surface area contributed by atoms with Crippen LogP contribution in [0, 0.1) is 5.41 Å². The van der Waals surface area contributed by atoms with E-state index < -0.39 is 16.0 Å². The number of fused-ring (bicyclic) bond motifs is 1. The molecule has 0 unspecified atom stereocenters. The lowest BCUT2D eigenvalue weighted by molar-refractivity contribution is 0.0344. The monoisotopic (exact) mass is 487 g/mol. The molecule has 0 bridgehead atoms. The maximum atomic E-state index is 13.2. The zero-order valence-corrected chi connectivity index (χ0v) is 19.6. The Morgan fingerprint density at radius 2 is 2.03 bits per heavy atom. The summed E-state index contributed by atoms with van der Waals surface area (Å²) < 4.78 is 38.5. The highest BCUT2D eigenvalue weighted by atomic mass is 35.5. The first-order valence-corrected chi connectivity index (χ1v) is 11.7. The Labute approximate surface area is 191 Å². The van der Waals surface area contributed by atoms with Crippen LogP contribution in [0.2, 0.25) is 10.0 Å². The van der Waals surface area contributed by atoms with Gasteiger partial charge in [0, 0.05) is 18.2 Å². The molecule has 0 saturated carbocycles. The van der Waals surface area contributed by atoms with Gasteiger partial charge in [0.15, 0.2) is 0 Å². The summed E-state index contributed by atoms with van der Waals surface area (Å²) in [7, 11) is -2.17. The highest BCUT2D eigenvalue weighted by Gasteiger charge is 2.32. The quantitative estimate of drug-likeness (QED) is 0.597. The van der Waals surface area contributed by atoms with Crippen molar-refractivity contribution in [1.82, 2.24) is 10.3 Å². The van der Waals surface area contributed by atoms with E-state index in [1.165, 1.54) is 30.5 Å². The second-order valence-corrected chi connectivity index (χ2v) is 10.5. The summed E-state index contributed by atoms with van der Waals surface area (Å²) in [6.45, 7) is 4.92. The van der Waals surface area contributed by atoms with Crippen molar-refractivity contribution < 1.29 is 22.7 Å². The van der Waals surface area contributed by atoms with Crippen molar-refractivity contribution in [2.45, 2.75) is 18.7 Å². The number of rotatable bonds is 7. The third kappa shape index (κ3) is 5.23. The number of nitrogens with one attached hydrogen (secondary N) is 1. The summed E-state index contributed by atoms with van der Waals surface area (Å²) in [5.41, 5.74) is 0.0124. The van der Waals surface area contributed by atoms with Crippen LogP contribution in [0.3, 0.4) is 0 Å². The van der Waals surface area contributed by atoms with Crippen LogP contribution in [0.4, 0.5) is 5.69 Å². The number of benzene rings is 1. The minimum atomic E-state index is -3.99. The molecule has 0 amide bonds. The van der Waals surface area contributed by atoms with Crippen molar-refractivity contribution in [3.05, 3.63) is 46.1 Å². The summed E-state index contributed by atoms with van der Waals surface area (Å²) in [6.07, 6.45) is 1.31. The Bertz CT molecular complexity index is 1090. The fraction of sp³-hybridized carbons (Fsp3) is 0.400. The zero-order valence-electron chi connectivity index (χ0n) is 17.3. The van der Waals surface area contributed by atoms with E-state index in [0.717, 1.165) is 4.31 Å². The Morgan fingerprint density at radius 1 is 1.29 bits per heavy atom. The van der Waals surface area contributed by atoms with E-state index in [9.17, 15) is 13.2 Å². The number of pyridine rings is 1. The van der Waals surface area contributed by atoms with Crippen LogP contribution in [-0.2, 0) is 14.8 Å². The highest BCUT2D eigenvalue weighted by Crippen LogP contribution is 2.35. The van der Waals surface area contributed by atoms with E-state index in [2.05, 4.69) is 10.3 Å². The van der Waals surface area contributed by atoms with Crippen molar-refractivity contribution in [2.24, 2.45) is 5.41 Å². The zero-order chi connectivity index (χ0) is 22.8. The molecule has 0 fully saturated rings. The van der Waals surface area contributed by atoms with Gasteiger partial charge in [0.25, 0.3) is 10.0 Å². The van der Waals surface area contributed by atoms with Gasteiger partial charge in [-0.05, 0) is 31.3 Å². The van der Waals surface area contributed by atoms with Crippen LogP contribution in [-0.4, -0.2) is 52.7 Å². The van der Waals surface area contributed by atoms with Crippen molar-refractivity contribution in [1.29, 1.82) is 0 Å². The van der Waals surface area contributed by atoms with Gasteiger partial charge in [-0.15, -0.1) is 0 Å². The van der Waals surface area contributed by atoms with Crippen molar-refractivity contribution in [3.8, 4) is 5.88 Å². The van der Waals surface area contributed by atoms with Crippen LogP contribution >= 0.6 is 23.2 Å². The van der Waals surface area contributed by atoms with Crippen LogP contribution < -0.4 is 14.4 Å². The smallest absolute Gasteiger partial charge is 0.339 e. The average molecular weight is 488 g/mol. The summed E-state index contributed by atoms with van der Waals surface area (Å²) in [6, 6.07) is 5.47. The van der Waals surface area contributed by atoms with E-state index in [4.69, 9.17) is 32.7 Å². The molecule has 0 aliphatic carbocycles. The predicted octanol–water partition coefficient (Wildman–Crippen LogP) is 3.38. The van der Waals surface area contributed by atoms with Crippen molar-refractivity contribution in [2.75, 3.05) is 37.7 Å². The largest absolute Gasteiger partial charge is 0.474 e.